The summed E-state index contributed by atoms with van der Waals surface area (Å²) in [6.45, 7) is 4.14. The summed E-state index contributed by atoms with van der Waals surface area (Å²) in [6, 6.07) is 17.9. The zero-order chi connectivity index (χ0) is 20.8. The number of rotatable bonds is 6. The van der Waals surface area contributed by atoms with Gasteiger partial charge in [-0.25, -0.2) is 0 Å². The molecule has 0 radical (unpaired) electrons. The number of benzene rings is 2. The molecule has 30 heavy (non-hydrogen) atoms. The van der Waals surface area contributed by atoms with Gasteiger partial charge in [0.2, 0.25) is 0 Å². The van der Waals surface area contributed by atoms with Gasteiger partial charge in [-0.2, -0.15) is 0 Å². The van der Waals surface area contributed by atoms with E-state index in [9.17, 15) is 9.59 Å². The molecule has 4 rings (SSSR count). The monoisotopic (exact) mass is 407 g/mol. The number of nitrogens with zero attached hydrogens (tertiary/aromatic N) is 1. The smallest absolute Gasteiger partial charge is 0.279 e. The van der Waals surface area contributed by atoms with Crippen LogP contribution < -0.4 is 20.4 Å². The van der Waals surface area contributed by atoms with Gasteiger partial charge in [-0.05, 0) is 37.1 Å². The number of nitrogens with one attached hydrogen (secondary N) is 3. The summed E-state index contributed by atoms with van der Waals surface area (Å²) in [5.74, 6) is -0.138. The summed E-state index contributed by atoms with van der Waals surface area (Å²) in [5, 5.41) is 6.08. The molecule has 0 spiro atoms. The van der Waals surface area contributed by atoms with Gasteiger partial charge >= 0.3 is 0 Å². The number of carbonyl (C=O) groups is 2. The van der Waals surface area contributed by atoms with E-state index in [1.54, 1.807) is 6.07 Å². The van der Waals surface area contributed by atoms with E-state index in [1.807, 2.05) is 24.3 Å². The van der Waals surface area contributed by atoms with Crippen LogP contribution in [-0.2, 0) is 4.79 Å². The molecule has 2 fully saturated rings. The lowest BCUT2D eigenvalue weighted by atomic mass is 10.1. The van der Waals surface area contributed by atoms with Crippen LogP contribution in [0.1, 0.15) is 36.0 Å². The third kappa shape index (κ3) is 5.19. The average molecular weight is 408 g/mol. The fourth-order valence-electron chi connectivity index (χ4n) is 4.44. The van der Waals surface area contributed by atoms with E-state index in [0.717, 1.165) is 39.0 Å². The molecule has 0 bridgehead atoms. The molecule has 1 aliphatic heterocycles. The minimum Gasteiger partial charge on any atom is -0.360 e. The van der Waals surface area contributed by atoms with Crippen molar-refractivity contribution in [3.63, 3.8) is 0 Å². The van der Waals surface area contributed by atoms with Crippen LogP contribution in [0.2, 0.25) is 0 Å². The third-order valence-corrected chi connectivity index (χ3v) is 6.14. The summed E-state index contributed by atoms with van der Waals surface area (Å²) in [7, 11) is 0. The molecule has 2 aliphatic rings. The number of piperazine rings is 1. The highest BCUT2D eigenvalue weighted by atomic mass is 16.2. The van der Waals surface area contributed by atoms with E-state index < -0.39 is 0 Å². The van der Waals surface area contributed by atoms with Gasteiger partial charge in [0.25, 0.3) is 11.8 Å². The molecule has 6 nitrogen and oxygen atoms in total. The summed E-state index contributed by atoms with van der Waals surface area (Å²) in [4.78, 5) is 29.0. The second kappa shape index (κ2) is 9.76. The van der Waals surface area contributed by atoms with Gasteiger partial charge in [-0.3, -0.25) is 9.59 Å². The van der Waals surface area contributed by atoms with Crippen molar-refractivity contribution in [2.75, 3.05) is 42.9 Å². The van der Waals surface area contributed by atoms with E-state index in [4.69, 9.17) is 0 Å². The molecule has 3 N–H and O–H groups in total. The maximum absolute atomic E-state index is 12.7. The molecule has 1 saturated heterocycles. The van der Waals surface area contributed by atoms with Crippen molar-refractivity contribution in [2.24, 2.45) is 0 Å². The Kier molecular flexibility index (Phi) is 6.64. The van der Waals surface area contributed by atoms with Crippen molar-refractivity contribution in [1.29, 1.82) is 0 Å². The van der Waals surface area contributed by atoms with Gasteiger partial charge in [0, 0.05) is 11.7 Å². The number of hydrogen-bond acceptors (Lipinski definition) is 3. The predicted octanol–water partition coefficient (Wildman–Crippen LogP) is 1.70. The fraction of sp³-hybridized carbons (Fsp3) is 0.417. The molecule has 158 valence electrons. The van der Waals surface area contributed by atoms with Crippen molar-refractivity contribution >= 4 is 23.2 Å². The maximum atomic E-state index is 12.7. The molecular weight excluding hydrogens is 376 g/mol. The molecular formula is C24H31N4O2+. The Morgan fingerprint density at radius 3 is 2.33 bits per heavy atom. The molecule has 0 aromatic heterocycles. The Morgan fingerprint density at radius 2 is 1.60 bits per heavy atom. The van der Waals surface area contributed by atoms with Gasteiger partial charge in [-0.1, -0.05) is 43.2 Å². The number of carbonyl (C=O) groups excluding carboxylic acids is 2. The lowest BCUT2D eigenvalue weighted by Gasteiger charge is -2.33. The highest BCUT2D eigenvalue weighted by molar-refractivity contribution is 6.04. The van der Waals surface area contributed by atoms with Crippen LogP contribution in [0.15, 0.2) is 54.6 Å². The van der Waals surface area contributed by atoms with E-state index in [-0.39, 0.29) is 17.9 Å². The second-order valence-corrected chi connectivity index (χ2v) is 8.30. The zero-order valence-corrected chi connectivity index (χ0v) is 17.4. The Bertz CT molecular complexity index is 857. The molecule has 2 amide bonds. The van der Waals surface area contributed by atoms with Crippen molar-refractivity contribution in [1.82, 2.24) is 5.32 Å². The number of para-hydroxylation sites is 2. The summed E-state index contributed by atoms with van der Waals surface area (Å²) in [6.07, 6.45) is 4.42. The first-order chi connectivity index (χ1) is 14.7. The molecule has 1 saturated carbocycles. The Labute approximate surface area is 178 Å². The third-order valence-electron chi connectivity index (χ3n) is 6.14. The highest BCUT2D eigenvalue weighted by Crippen LogP contribution is 2.20. The summed E-state index contributed by atoms with van der Waals surface area (Å²) >= 11 is 0. The minimum atomic E-state index is -0.0957. The first-order valence-electron chi connectivity index (χ1n) is 11.0. The van der Waals surface area contributed by atoms with Crippen LogP contribution in [0.5, 0.6) is 0 Å². The quantitative estimate of drug-likeness (QED) is 0.683. The largest absolute Gasteiger partial charge is 0.360 e. The van der Waals surface area contributed by atoms with E-state index in [1.165, 1.54) is 23.4 Å². The molecule has 0 atom stereocenters. The van der Waals surface area contributed by atoms with Crippen LogP contribution in [-0.4, -0.2) is 50.6 Å². The van der Waals surface area contributed by atoms with E-state index in [0.29, 0.717) is 17.8 Å². The molecule has 1 aliphatic carbocycles. The van der Waals surface area contributed by atoms with E-state index >= 15 is 0 Å². The Morgan fingerprint density at radius 1 is 0.933 bits per heavy atom. The minimum absolute atomic E-state index is 0.0423. The van der Waals surface area contributed by atoms with Gasteiger partial charge < -0.3 is 20.4 Å². The van der Waals surface area contributed by atoms with Crippen LogP contribution in [0.25, 0.3) is 0 Å². The maximum Gasteiger partial charge on any atom is 0.279 e. The molecule has 2 aromatic carbocycles. The summed E-state index contributed by atoms with van der Waals surface area (Å²) in [5.41, 5.74) is 2.38. The SMILES string of the molecule is O=C(C[NH+]1CCN(c2ccccc2)CC1)Nc1ccccc1C(=O)NC1CCCC1. The predicted molar refractivity (Wildman–Crippen MR) is 119 cm³/mol. The van der Waals surface area contributed by atoms with Crippen LogP contribution in [0.3, 0.4) is 0 Å². The topological polar surface area (TPSA) is 65.9 Å². The van der Waals surface area contributed by atoms with Crippen molar-refractivity contribution in [2.45, 2.75) is 31.7 Å². The van der Waals surface area contributed by atoms with Crippen molar-refractivity contribution in [3.05, 3.63) is 60.2 Å². The highest BCUT2D eigenvalue weighted by Gasteiger charge is 2.24. The standard InChI is InChI=1S/C24H30N4O2/c29-23(18-27-14-16-28(17-15-27)20-10-2-1-3-11-20)26-22-13-7-6-12-21(22)24(30)25-19-8-4-5-9-19/h1-3,6-7,10-13,19H,4-5,8-9,14-18H2,(H,25,30)(H,26,29)/p+1. The van der Waals surface area contributed by atoms with Gasteiger partial charge in [0.05, 0.1) is 37.4 Å². The number of anilines is 2. The van der Waals surface area contributed by atoms with Gasteiger partial charge in [0.1, 0.15) is 0 Å². The van der Waals surface area contributed by atoms with Crippen LogP contribution in [0, 0.1) is 0 Å². The Hall–Kier alpha value is -2.86. The summed E-state index contributed by atoms with van der Waals surface area (Å²) < 4.78 is 0. The zero-order valence-electron chi connectivity index (χ0n) is 17.4. The number of amides is 2. The molecule has 2 aromatic rings. The van der Waals surface area contributed by atoms with Crippen LogP contribution >= 0.6 is 0 Å². The molecule has 1 heterocycles. The average Bonchev–Trinajstić information content (AvgIpc) is 3.28. The van der Waals surface area contributed by atoms with Crippen molar-refractivity contribution in [3.8, 4) is 0 Å². The lowest BCUT2D eigenvalue weighted by molar-refractivity contribution is -0.892. The lowest BCUT2D eigenvalue weighted by Crippen LogP contribution is -3.15. The van der Waals surface area contributed by atoms with Gasteiger partial charge in [0.15, 0.2) is 6.54 Å². The fourth-order valence-corrected chi connectivity index (χ4v) is 4.44. The first-order valence-corrected chi connectivity index (χ1v) is 11.0. The van der Waals surface area contributed by atoms with Gasteiger partial charge in [-0.15, -0.1) is 0 Å². The van der Waals surface area contributed by atoms with Crippen molar-refractivity contribution < 1.29 is 14.5 Å². The first kappa shape index (κ1) is 20.4. The van der Waals surface area contributed by atoms with Crippen LogP contribution in [0.4, 0.5) is 11.4 Å². The second-order valence-electron chi connectivity index (χ2n) is 8.30. The Balaban J connectivity index is 1.30. The number of quaternary nitrogens is 1. The number of hydrogen-bond donors (Lipinski definition) is 3. The normalized spacial score (nSPS) is 17.7. The van der Waals surface area contributed by atoms with E-state index in [2.05, 4.69) is 39.8 Å². The molecule has 0 unspecified atom stereocenters. The molecule has 6 heteroatoms.